The quantitative estimate of drug-likeness (QED) is 0.235. The summed E-state index contributed by atoms with van der Waals surface area (Å²) in [6.07, 6.45) is 3.61. The first-order valence-electron chi connectivity index (χ1n) is 3.07. The van der Waals surface area contributed by atoms with E-state index in [4.69, 9.17) is 4.89 Å². The van der Waals surface area contributed by atoms with Crippen LogP contribution in [0, 0.1) is 0 Å². The molecule has 8 heavy (non-hydrogen) atoms. The van der Waals surface area contributed by atoms with E-state index in [-0.39, 0.29) is 0 Å². The minimum atomic E-state index is 0.685. The number of unbranched alkanes of at least 4 members (excludes halogenated alkanes) is 2. The molecular formula is C5H14O2Si. The van der Waals surface area contributed by atoms with E-state index in [9.17, 15) is 0 Å². The van der Waals surface area contributed by atoms with E-state index >= 15 is 0 Å². The Morgan fingerprint density at radius 1 is 1.38 bits per heavy atom. The molecule has 0 bridgehead atoms. The summed E-state index contributed by atoms with van der Waals surface area (Å²) >= 11 is 0. The molecule has 0 saturated carbocycles. The lowest BCUT2D eigenvalue weighted by Crippen LogP contribution is -1.92. The van der Waals surface area contributed by atoms with Crippen LogP contribution in [0.15, 0.2) is 0 Å². The van der Waals surface area contributed by atoms with Gasteiger partial charge in [-0.05, 0) is 6.42 Å². The molecule has 0 spiro atoms. The van der Waals surface area contributed by atoms with Crippen molar-refractivity contribution in [2.24, 2.45) is 0 Å². The third kappa shape index (κ3) is 6.14. The summed E-state index contributed by atoms with van der Waals surface area (Å²) < 4.78 is 4.53. The Morgan fingerprint density at radius 2 is 2.12 bits per heavy atom. The Morgan fingerprint density at radius 3 is 2.62 bits per heavy atom. The van der Waals surface area contributed by atoms with Gasteiger partial charge in [-0.25, -0.2) is 4.89 Å². The number of rotatable bonds is 5. The molecule has 0 heterocycles. The van der Waals surface area contributed by atoms with E-state index < -0.39 is 0 Å². The van der Waals surface area contributed by atoms with Gasteiger partial charge in [0.15, 0.2) is 10.5 Å². The predicted molar refractivity (Wildman–Crippen MR) is 36.5 cm³/mol. The van der Waals surface area contributed by atoms with Crippen LogP contribution in [0.2, 0.25) is 0 Å². The van der Waals surface area contributed by atoms with Crippen molar-refractivity contribution in [3.8, 4) is 0 Å². The summed E-state index contributed by atoms with van der Waals surface area (Å²) in [6, 6.07) is 0. The molecule has 0 aromatic carbocycles. The summed E-state index contributed by atoms with van der Waals surface area (Å²) in [5.74, 6) is 0. The van der Waals surface area contributed by atoms with Gasteiger partial charge < -0.3 is 0 Å². The average molecular weight is 134 g/mol. The summed E-state index contributed by atoms with van der Waals surface area (Å²) in [7, 11) is 0.685. The van der Waals surface area contributed by atoms with Gasteiger partial charge in [-0.1, -0.05) is 19.8 Å². The molecule has 0 amide bonds. The Labute approximate surface area is 53.6 Å². The second-order valence-corrected chi connectivity index (χ2v) is 2.03. The Bertz CT molecular complexity index is 35.4. The molecule has 0 aromatic heterocycles. The SMILES string of the molecule is CCCCCOO[SiH3]. The van der Waals surface area contributed by atoms with E-state index in [1.807, 2.05) is 0 Å². The van der Waals surface area contributed by atoms with E-state index in [0.717, 1.165) is 13.0 Å². The molecule has 0 aliphatic heterocycles. The molecule has 0 rings (SSSR count). The molecule has 0 saturated heterocycles. The summed E-state index contributed by atoms with van der Waals surface area (Å²) in [4.78, 5) is 4.70. The van der Waals surface area contributed by atoms with E-state index in [0.29, 0.717) is 10.5 Å². The van der Waals surface area contributed by atoms with Gasteiger partial charge in [0, 0.05) is 0 Å². The van der Waals surface area contributed by atoms with Crippen LogP contribution in [0.25, 0.3) is 0 Å². The largest absolute Gasteiger partial charge is 0.298 e. The van der Waals surface area contributed by atoms with E-state index in [1.54, 1.807) is 0 Å². The fourth-order valence-electron chi connectivity index (χ4n) is 0.494. The average Bonchev–Trinajstić information content (AvgIpc) is 1.81. The van der Waals surface area contributed by atoms with Gasteiger partial charge in [-0.3, -0.25) is 4.58 Å². The second-order valence-electron chi connectivity index (χ2n) is 1.70. The summed E-state index contributed by atoms with van der Waals surface area (Å²) in [5.41, 5.74) is 0. The minimum Gasteiger partial charge on any atom is -0.298 e. The zero-order valence-corrected chi connectivity index (χ0v) is 7.64. The fourth-order valence-corrected chi connectivity index (χ4v) is 0.661. The van der Waals surface area contributed by atoms with Crippen molar-refractivity contribution in [1.29, 1.82) is 0 Å². The van der Waals surface area contributed by atoms with Gasteiger partial charge in [0.05, 0.1) is 6.61 Å². The lowest BCUT2D eigenvalue weighted by atomic mass is 10.3. The predicted octanol–water partition coefficient (Wildman–Crippen LogP) is 0.405. The molecule has 0 atom stereocenters. The monoisotopic (exact) mass is 134 g/mol. The highest BCUT2D eigenvalue weighted by Gasteiger charge is 1.83. The Kier molecular flexibility index (Phi) is 7.26. The molecule has 0 aromatic rings. The van der Waals surface area contributed by atoms with Crippen molar-refractivity contribution in [2.75, 3.05) is 6.61 Å². The second kappa shape index (κ2) is 7.14. The zero-order chi connectivity index (χ0) is 6.24. The van der Waals surface area contributed by atoms with Crippen molar-refractivity contribution in [3.63, 3.8) is 0 Å². The van der Waals surface area contributed by atoms with E-state index in [2.05, 4.69) is 11.5 Å². The van der Waals surface area contributed by atoms with Gasteiger partial charge in [0.2, 0.25) is 0 Å². The van der Waals surface area contributed by atoms with Crippen molar-refractivity contribution in [2.45, 2.75) is 26.2 Å². The molecule has 0 unspecified atom stereocenters. The highest BCUT2D eigenvalue weighted by atomic mass is 28.2. The van der Waals surface area contributed by atoms with Gasteiger partial charge in [-0.15, -0.1) is 0 Å². The first kappa shape index (κ1) is 8.14. The smallest absolute Gasteiger partial charge is 0.193 e. The normalized spacial score (nSPS) is 10.1. The third-order valence-electron chi connectivity index (χ3n) is 0.949. The minimum absolute atomic E-state index is 0.685. The van der Waals surface area contributed by atoms with Gasteiger partial charge in [0.1, 0.15) is 0 Å². The van der Waals surface area contributed by atoms with Crippen molar-refractivity contribution in [3.05, 3.63) is 0 Å². The van der Waals surface area contributed by atoms with Gasteiger partial charge in [0.25, 0.3) is 0 Å². The topological polar surface area (TPSA) is 18.5 Å². The summed E-state index contributed by atoms with van der Waals surface area (Å²) in [6.45, 7) is 2.93. The third-order valence-corrected chi connectivity index (χ3v) is 1.18. The molecular weight excluding hydrogens is 120 g/mol. The van der Waals surface area contributed by atoms with Gasteiger partial charge in [-0.2, -0.15) is 0 Å². The Balaban J connectivity index is 2.53. The molecule has 0 aliphatic rings. The van der Waals surface area contributed by atoms with Crippen LogP contribution in [0.3, 0.4) is 0 Å². The van der Waals surface area contributed by atoms with E-state index in [1.165, 1.54) is 12.8 Å². The molecule has 3 heteroatoms. The van der Waals surface area contributed by atoms with Crippen LogP contribution in [0.1, 0.15) is 26.2 Å². The lowest BCUT2D eigenvalue weighted by molar-refractivity contribution is -0.204. The van der Waals surface area contributed by atoms with Crippen LogP contribution in [-0.2, 0) is 9.46 Å². The first-order valence-corrected chi connectivity index (χ1v) is 3.89. The summed E-state index contributed by atoms with van der Waals surface area (Å²) in [5, 5.41) is 0. The number of hydrogen-bond donors (Lipinski definition) is 0. The zero-order valence-electron chi connectivity index (χ0n) is 5.64. The molecule has 0 radical (unpaired) electrons. The van der Waals surface area contributed by atoms with Crippen LogP contribution in [0.5, 0.6) is 0 Å². The fraction of sp³-hybridized carbons (Fsp3) is 1.00. The van der Waals surface area contributed by atoms with Crippen LogP contribution < -0.4 is 0 Å². The van der Waals surface area contributed by atoms with Gasteiger partial charge >= 0.3 is 0 Å². The molecule has 2 nitrogen and oxygen atoms in total. The highest BCUT2D eigenvalue weighted by Crippen LogP contribution is 1.92. The van der Waals surface area contributed by atoms with Crippen LogP contribution >= 0.6 is 0 Å². The van der Waals surface area contributed by atoms with Crippen molar-refractivity contribution in [1.82, 2.24) is 0 Å². The highest BCUT2D eigenvalue weighted by molar-refractivity contribution is 5.97. The molecule has 50 valence electrons. The maximum absolute atomic E-state index is 4.70. The van der Waals surface area contributed by atoms with Crippen LogP contribution in [-0.4, -0.2) is 17.1 Å². The first-order chi connectivity index (χ1) is 3.91. The maximum atomic E-state index is 4.70. The van der Waals surface area contributed by atoms with Crippen molar-refractivity contribution >= 4 is 10.5 Å². The molecule has 0 fully saturated rings. The molecule has 0 aliphatic carbocycles. The van der Waals surface area contributed by atoms with Crippen LogP contribution in [0.4, 0.5) is 0 Å². The number of hydrogen-bond acceptors (Lipinski definition) is 2. The van der Waals surface area contributed by atoms with Crippen molar-refractivity contribution < 1.29 is 9.46 Å². The standard InChI is InChI=1S/C5H14O2Si/c1-2-3-4-5-6-7-8/h2-5H2,1,8H3. The lowest BCUT2D eigenvalue weighted by Gasteiger charge is -1.96. The maximum Gasteiger partial charge on any atom is 0.193 e. The Hall–Kier alpha value is 0.137. The molecule has 0 N–H and O–H groups in total.